The van der Waals surface area contributed by atoms with Gasteiger partial charge in [-0.25, -0.2) is 4.68 Å². The molecule has 0 bridgehead atoms. The van der Waals surface area contributed by atoms with Crippen LogP contribution in [0.25, 0.3) is 16.6 Å². The van der Waals surface area contributed by atoms with E-state index >= 15 is 0 Å². The minimum Gasteiger partial charge on any atom is -0.352 e. The van der Waals surface area contributed by atoms with Crippen LogP contribution < -0.4 is 4.90 Å². The van der Waals surface area contributed by atoms with Gasteiger partial charge in [-0.1, -0.05) is 18.2 Å². The van der Waals surface area contributed by atoms with Gasteiger partial charge in [-0.15, -0.1) is 5.10 Å². The third kappa shape index (κ3) is 3.96. The monoisotopic (exact) mass is 476 g/mol. The van der Waals surface area contributed by atoms with Crippen molar-refractivity contribution in [1.29, 1.82) is 0 Å². The minimum absolute atomic E-state index is 0.0568. The van der Waals surface area contributed by atoms with E-state index in [-0.39, 0.29) is 11.8 Å². The molecular weight excluding hydrogens is 444 g/mol. The largest absolute Gasteiger partial charge is 0.352 e. The molecule has 35 heavy (non-hydrogen) atoms. The molecule has 0 radical (unpaired) electrons. The van der Waals surface area contributed by atoms with E-state index in [0.717, 1.165) is 66.0 Å². The highest BCUT2D eigenvalue weighted by Crippen LogP contribution is 2.34. The number of aryl methyl sites for hydroxylation is 2. The highest BCUT2D eigenvalue weighted by atomic mass is 16.7. The Labute approximate surface area is 205 Å². The maximum absolute atomic E-state index is 13.5. The predicted octanol–water partition coefficient (Wildman–Crippen LogP) is 3.01. The summed E-state index contributed by atoms with van der Waals surface area (Å²) < 4.78 is 13.6. The lowest BCUT2D eigenvalue weighted by molar-refractivity contribution is -0.188. The van der Waals surface area contributed by atoms with E-state index in [4.69, 9.17) is 14.6 Å². The van der Waals surface area contributed by atoms with Crippen molar-refractivity contribution in [1.82, 2.24) is 24.9 Å². The molecule has 0 N–H and O–H groups in total. The summed E-state index contributed by atoms with van der Waals surface area (Å²) in [5.41, 5.74) is 3.77. The van der Waals surface area contributed by atoms with Crippen molar-refractivity contribution in [3.63, 3.8) is 0 Å². The summed E-state index contributed by atoms with van der Waals surface area (Å²) in [5, 5.41) is 15.1. The first-order valence-electron chi connectivity index (χ1n) is 12.6. The van der Waals surface area contributed by atoms with E-state index in [1.807, 2.05) is 34.7 Å². The molecular formula is C26H32N6O3. The van der Waals surface area contributed by atoms with Gasteiger partial charge in [-0.2, -0.15) is 10.2 Å². The van der Waals surface area contributed by atoms with Gasteiger partial charge in [0.15, 0.2) is 11.6 Å². The number of carbonyl (C=O) groups excluding carboxylic acids is 1. The number of likely N-dealkylation sites (tertiary alicyclic amines) is 1. The number of benzene rings is 1. The van der Waals surface area contributed by atoms with Crippen LogP contribution in [0.1, 0.15) is 37.1 Å². The lowest BCUT2D eigenvalue weighted by atomic mass is 9.94. The molecule has 3 fully saturated rings. The number of amides is 1. The fraction of sp³-hybridized carbons (Fsp3) is 0.538. The molecule has 9 nitrogen and oxygen atoms in total. The van der Waals surface area contributed by atoms with Gasteiger partial charge in [-0.05, 0) is 38.8 Å². The molecule has 1 amide bonds. The summed E-state index contributed by atoms with van der Waals surface area (Å²) in [6.07, 6.45) is 3.32. The van der Waals surface area contributed by atoms with Crippen LogP contribution in [-0.2, 0) is 14.3 Å². The lowest BCUT2D eigenvalue weighted by Gasteiger charge is -2.40. The van der Waals surface area contributed by atoms with E-state index in [2.05, 4.69) is 34.2 Å². The Morgan fingerprint density at radius 3 is 2.51 bits per heavy atom. The molecule has 3 aliphatic heterocycles. The summed E-state index contributed by atoms with van der Waals surface area (Å²) in [6, 6.07) is 10.1. The van der Waals surface area contributed by atoms with Crippen molar-refractivity contribution in [2.24, 2.45) is 5.92 Å². The van der Waals surface area contributed by atoms with Crippen LogP contribution in [-0.4, -0.2) is 76.0 Å². The van der Waals surface area contributed by atoms with Gasteiger partial charge in [0.1, 0.15) is 5.52 Å². The summed E-state index contributed by atoms with van der Waals surface area (Å²) in [6.45, 7) is 8.20. The Morgan fingerprint density at radius 2 is 1.77 bits per heavy atom. The van der Waals surface area contributed by atoms with Crippen molar-refractivity contribution in [3.05, 3.63) is 41.7 Å². The molecule has 2 aromatic heterocycles. The van der Waals surface area contributed by atoms with Gasteiger partial charge in [0.2, 0.25) is 5.91 Å². The number of ether oxygens (including phenoxy) is 2. The molecule has 0 unspecified atom stereocenters. The van der Waals surface area contributed by atoms with E-state index in [1.165, 1.54) is 0 Å². The normalized spacial score (nSPS) is 22.3. The van der Waals surface area contributed by atoms with E-state index < -0.39 is 5.79 Å². The molecule has 9 heteroatoms. The molecule has 6 rings (SSSR count). The molecule has 5 heterocycles. The minimum atomic E-state index is -0.464. The number of hydrogen-bond donors (Lipinski definition) is 0. The molecule has 3 aromatic rings. The molecule has 0 aliphatic carbocycles. The van der Waals surface area contributed by atoms with Crippen LogP contribution in [0.3, 0.4) is 0 Å². The Hall–Kier alpha value is -3.04. The summed E-state index contributed by atoms with van der Waals surface area (Å²) in [5.74, 6) is 0.475. The van der Waals surface area contributed by atoms with Crippen molar-refractivity contribution in [2.45, 2.75) is 45.3 Å². The average molecular weight is 477 g/mol. The highest BCUT2D eigenvalue weighted by molar-refractivity contribution is 5.92. The van der Waals surface area contributed by atoms with Crippen LogP contribution in [0.2, 0.25) is 0 Å². The Balaban J connectivity index is 1.24. The first-order valence-corrected chi connectivity index (χ1v) is 12.6. The number of rotatable bonds is 3. The van der Waals surface area contributed by atoms with Gasteiger partial charge in [0.05, 0.1) is 41.6 Å². The number of anilines is 1. The molecule has 3 aliphatic rings. The zero-order valence-corrected chi connectivity index (χ0v) is 20.4. The summed E-state index contributed by atoms with van der Waals surface area (Å²) in [4.78, 5) is 17.7. The topological polar surface area (TPSA) is 85.6 Å². The quantitative estimate of drug-likeness (QED) is 0.574. The van der Waals surface area contributed by atoms with Gasteiger partial charge in [0, 0.05) is 39.0 Å². The van der Waals surface area contributed by atoms with Gasteiger partial charge >= 0.3 is 0 Å². The number of carbonyl (C=O) groups is 1. The van der Waals surface area contributed by atoms with E-state index in [9.17, 15) is 4.79 Å². The smallest absolute Gasteiger partial charge is 0.227 e. The third-order valence-corrected chi connectivity index (χ3v) is 7.71. The number of para-hydroxylation sites is 1. The molecule has 1 aromatic carbocycles. The van der Waals surface area contributed by atoms with E-state index in [0.29, 0.717) is 32.8 Å². The molecule has 1 atom stereocenters. The van der Waals surface area contributed by atoms with Crippen molar-refractivity contribution in [3.8, 4) is 5.69 Å². The van der Waals surface area contributed by atoms with Gasteiger partial charge in [-0.3, -0.25) is 4.79 Å². The van der Waals surface area contributed by atoms with Crippen molar-refractivity contribution in [2.75, 3.05) is 44.3 Å². The maximum Gasteiger partial charge on any atom is 0.227 e. The third-order valence-electron chi connectivity index (χ3n) is 7.71. The zero-order valence-electron chi connectivity index (χ0n) is 20.4. The van der Waals surface area contributed by atoms with E-state index in [1.54, 1.807) is 0 Å². The Morgan fingerprint density at radius 1 is 1.03 bits per heavy atom. The SMILES string of the molecule is Cc1nnc(N2CCC[C@H](C(=O)N3CCC4(CC3)OCCO4)C2)c2nn(-c3ccccc3)c(C)c12. The number of fused-ring (bicyclic) bond motifs is 1. The van der Waals surface area contributed by atoms with Gasteiger partial charge < -0.3 is 19.3 Å². The van der Waals surface area contributed by atoms with Crippen LogP contribution in [0.5, 0.6) is 0 Å². The standard InChI is InChI=1S/C26H32N6O3/c1-18-22-19(2)32(21-8-4-3-5-9-21)29-23(22)24(28-27-18)31-12-6-7-20(17-31)25(33)30-13-10-26(11-14-30)34-15-16-35-26/h3-5,8-9,20H,6-7,10-17H2,1-2H3/t20-/m0/s1. The van der Waals surface area contributed by atoms with Crippen LogP contribution >= 0.6 is 0 Å². The molecule has 1 spiro atoms. The first kappa shape index (κ1) is 22.4. The first-order chi connectivity index (χ1) is 17.0. The molecule has 3 saturated heterocycles. The lowest BCUT2D eigenvalue weighted by Crippen LogP contribution is -2.51. The Bertz CT molecular complexity index is 1230. The fourth-order valence-corrected chi connectivity index (χ4v) is 5.83. The van der Waals surface area contributed by atoms with Crippen LogP contribution in [0.15, 0.2) is 30.3 Å². The predicted molar refractivity (Wildman–Crippen MR) is 132 cm³/mol. The van der Waals surface area contributed by atoms with Crippen molar-refractivity contribution < 1.29 is 14.3 Å². The van der Waals surface area contributed by atoms with Crippen LogP contribution in [0, 0.1) is 19.8 Å². The number of hydrogen-bond acceptors (Lipinski definition) is 7. The second-order valence-electron chi connectivity index (χ2n) is 9.88. The second-order valence-corrected chi connectivity index (χ2v) is 9.88. The Kier molecular flexibility index (Phi) is 5.69. The number of aromatic nitrogens is 4. The molecule has 184 valence electrons. The van der Waals surface area contributed by atoms with Crippen molar-refractivity contribution >= 4 is 22.6 Å². The van der Waals surface area contributed by atoms with Gasteiger partial charge in [0.25, 0.3) is 0 Å². The maximum atomic E-state index is 13.5. The highest BCUT2D eigenvalue weighted by Gasteiger charge is 2.42. The number of piperidine rings is 2. The molecule has 0 saturated carbocycles. The average Bonchev–Trinajstić information content (AvgIpc) is 3.50. The zero-order chi connectivity index (χ0) is 24.0. The number of nitrogens with zero attached hydrogens (tertiary/aromatic N) is 6. The summed E-state index contributed by atoms with van der Waals surface area (Å²) >= 11 is 0. The van der Waals surface area contributed by atoms with Crippen LogP contribution in [0.4, 0.5) is 5.82 Å². The fourth-order valence-electron chi connectivity index (χ4n) is 5.83. The summed E-state index contributed by atoms with van der Waals surface area (Å²) in [7, 11) is 0. The second kappa shape index (κ2) is 8.87.